The zero-order chi connectivity index (χ0) is 24.4. The molecule has 1 N–H and O–H groups in total. The summed E-state index contributed by atoms with van der Waals surface area (Å²) in [5, 5.41) is 12.5. The van der Waals surface area contributed by atoms with Gasteiger partial charge in [0, 0.05) is 0 Å². The molecule has 0 amide bonds. The highest BCUT2D eigenvalue weighted by Crippen LogP contribution is 2.38. The highest BCUT2D eigenvalue weighted by Gasteiger charge is 2.14. The fourth-order valence-corrected chi connectivity index (χ4v) is 4.29. The number of imidazole rings is 1. The summed E-state index contributed by atoms with van der Waals surface area (Å²) in [7, 11) is 1.56. The van der Waals surface area contributed by atoms with Crippen LogP contribution in [-0.2, 0) is 6.61 Å². The predicted molar refractivity (Wildman–Crippen MR) is 141 cm³/mol. The van der Waals surface area contributed by atoms with E-state index in [9.17, 15) is 5.26 Å². The number of nitriles is 1. The van der Waals surface area contributed by atoms with E-state index in [1.807, 2.05) is 43.3 Å². The topological polar surface area (TPSA) is 70.9 Å². The van der Waals surface area contributed by atoms with Gasteiger partial charge >= 0.3 is 0 Å². The third-order valence-electron chi connectivity index (χ3n) is 5.77. The summed E-state index contributed by atoms with van der Waals surface area (Å²) in [6.07, 6.45) is 1.73. The van der Waals surface area contributed by atoms with E-state index in [-0.39, 0.29) is 0 Å². The summed E-state index contributed by atoms with van der Waals surface area (Å²) in [6.45, 7) is 2.36. The van der Waals surface area contributed by atoms with Gasteiger partial charge in [-0.05, 0) is 70.8 Å². The molecule has 0 radical (unpaired) electrons. The predicted octanol–water partition coefficient (Wildman–Crippen LogP) is 7.33. The maximum absolute atomic E-state index is 9.79. The number of H-pyrrole nitrogens is 1. The second kappa shape index (κ2) is 9.54. The summed E-state index contributed by atoms with van der Waals surface area (Å²) in [6, 6.07) is 26.1. The number of fused-ring (bicyclic) bond motifs is 2. The Morgan fingerprint density at radius 3 is 2.69 bits per heavy atom. The number of hydrogen-bond donors (Lipinski definition) is 1. The van der Waals surface area contributed by atoms with Crippen LogP contribution >= 0.6 is 11.6 Å². The largest absolute Gasteiger partial charge is 0.493 e. The van der Waals surface area contributed by atoms with Crippen molar-refractivity contribution in [2.45, 2.75) is 13.5 Å². The van der Waals surface area contributed by atoms with Crippen molar-refractivity contribution in [2.24, 2.45) is 0 Å². The molecule has 5 aromatic rings. The van der Waals surface area contributed by atoms with Crippen molar-refractivity contribution in [3.8, 4) is 17.6 Å². The molecule has 6 heteroatoms. The lowest BCUT2D eigenvalue weighted by molar-refractivity contribution is 0.285. The summed E-state index contributed by atoms with van der Waals surface area (Å²) in [5.74, 6) is 1.44. The standard InChI is InChI=1S/C29H22ClN3O2/c1-18-7-10-25-26(11-18)33-29(32-25)23(16-31)13-20-14-24(30)28(27(15-20)34-2)35-17-19-8-9-21-5-3-4-6-22(21)12-19/h3-15H,17H2,1-2H3,(H,32,33). The molecule has 0 fully saturated rings. The molecule has 172 valence electrons. The van der Waals surface area contributed by atoms with Gasteiger partial charge in [-0.1, -0.05) is 54.1 Å². The van der Waals surface area contributed by atoms with Gasteiger partial charge in [0.15, 0.2) is 11.5 Å². The molecule has 0 aliphatic carbocycles. The number of ether oxygens (including phenoxy) is 2. The maximum Gasteiger partial charge on any atom is 0.180 e. The van der Waals surface area contributed by atoms with Gasteiger partial charge in [-0.3, -0.25) is 0 Å². The van der Waals surface area contributed by atoms with Crippen LogP contribution in [0.3, 0.4) is 0 Å². The summed E-state index contributed by atoms with van der Waals surface area (Å²) < 4.78 is 11.6. The van der Waals surface area contributed by atoms with E-state index in [0.29, 0.717) is 40.1 Å². The monoisotopic (exact) mass is 479 g/mol. The first-order valence-corrected chi connectivity index (χ1v) is 11.5. The first-order valence-electron chi connectivity index (χ1n) is 11.1. The number of rotatable bonds is 6. The Morgan fingerprint density at radius 1 is 1.06 bits per heavy atom. The Bertz CT molecular complexity index is 1630. The van der Waals surface area contributed by atoms with Crippen LogP contribution < -0.4 is 9.47 Å². The van der Waals surface area contributed by atoms with Crippen LogP contribution in [0.1, 0.15) is 22.5 Å². The van der Waals surface area contributed by atoms with Crippen LogP contribution in [0.4, 0.5) is 0 Å². The molecular formula is C29H22ClN3O2. The van der Waals surface area contributed by atoms with Crippen LogP contribution in [-0.4, -0.2) is 17.1 Å². The highest BCUT2D eigenvalue weighted by molar-refractivity contribution is 6.32. The van der Waals surface area contributed by atoms with Crippen molar-refractivity contribution in [2.75, 3.05) is 7.11 Å². The van der Waals surface area contributed by atoms with E-state index in [1.165, 1.54) is 5.39 Å². The van der Waals surface area contributed by atoms with Gasteiger partial charge in [-0.2, -0.15) is 5.26 Å². The molecule has 5 nitrogen and oxygen atoms in total. The van der Waals surface area contributed by atoms with E-state index < -0.39 is 0 Å². The zero-order valence-electron chi connectivity index (χ0n) is 19.3. The molecule has 0 spiro atoms. The maximum atomic E-state index is 9.79. The Labute approximate surface area is 208 Å². The van der Waals surface area contributed by atoms with Crippen LogP contribution in [0.15, 0.2) is 72.8 Å². The number of aromatic amines is 1. The van der Waals surface area contributed by atoms with E-state index in [0.717, 1.165) is 27.5 Å². The Morgan fingerprint density at radius 2 is 1.89 bits per heavy atom. The zero-order valence-corrected chi connectivity index (χ0v) is 20.1. The molecule has 0 unspecified atom stereocenters. The fraction of sp³-hybridized carbons (Fsp3) is 0.103. The van der Waals surface area contributed by atoms with Crippen molar-refractivity contribution in [1.82, 2.24) is 9.97 Å². The second-order valence-electron chi connectivity index (χ2n) is 8.28. The number of halogens is 1. The minimum absolute atomic E-state index is 0.345. The van der Waals surface area contributed by atoms with Crippen LogP contribution in [0.5, 0.6) is 11.5 Å². The number of nitrogens with zero attached hydrogens (tertiary/aromatic N) is 2. The number of allylic oxidation sites excluding steroid dienone is 1. The molecule has 0 saturated carbocycles. The fourth-order valence-electron chi connectivity index (χ4n) is 4.02. The molecule has 0 saturated heterocycles. The van der Waals surface area contributed by atoms with Crippen molar-refractivity contribution in [3.05, 3.63) is 100 Å². The normalized spacial score (nSPS) is 11.5. The number of hydrogen-bond acceptors (Lipinski definition) is 4. The van der Waals surface area contributed by atoms with Gasteiger partial charge < -0.3 is 14.5 Å². The average molecular weight is 480 g/mol. The van der Waals surface area contributed by atoms with Gasteiger partial charge in [0.25, 0.3) is 0 Å². The number of aryl methyl sites for hydroxylation is 1. The van der Waals surface area contributed by atoms with Gasteiger partial charge in [-0.25, -0.2) is 4.98 Å². The number of methoxy groups -OCH3 is 1. The quantitative estimate of drug-likeness (QED) is 0.259. The Balaban J connectivity index is 1.42. The molecule has 0 aliphatic heterocycles. The van der Waals surface area contributed by atoms with Gasteiger partial charge in [0.2, 0.25) is 0 Å². The van der Waals surface area contributed by atoms with Crippen LogP contribution in [0.2, 0.25) is 5.02 Å². The lowest BCUT2D eigenvalue weighted by Crippen LogP contribution is -1.99. The van der Waals surface area contributed by atoms with Crippen molar-refractivity contribution < 1.29 is 9.47 Å². The van der Waals surface area contributed by atoms with Crippen LogP contribution in [0.25, 0.3) is 33.5 Å². The van der Waals surface area contributed by atoms with Gasteiger partial charge in [0.05, 0.1) is 28.7 Å². The van der Waals surface area contributed by atoms with Crippen molar-refractivity contribution in [1.29, 1.82) is 5.26 Å². The number of nitrogens with one attached hydrogen (secondary N) is 1. The molecule has 5 rings (SSSR count). The lowest BCUT2D eigenvalue weighted by atomic mass is 10.1. The first-order chi connectivity index (χ1) is 17.0. The molecule has 4 aromatic carbocycles. The molecule has 0 aliphatic rings. The second-order valence-corrected chi connectivity index (χ2v) is 8.69. The first kappa shape index (κ1) is 22.5. The molecule has 0 bridgehead atoms. The van der Waals surface area contributed by atoms with Gasteiger partial charge in [0.1, 0.15) is 18.5 Å². The molecule has 0 atom stereocenters. The van der Waals surface area contributed by atoms with Crippen molar-refractivity contribution in [3.63, 3.8) is 0 Å². The van der Waals surface area contributed by atoms with E-state index in [1.54, 1.807) is 25.3 Å². The minimum Gasteiger partial charge on any atom is -0.493 e. The van der Waals surface area contributed by atoms with Crippen molar-refractivity contribution >= 4 is 45.1 Å². The van der Waals surface area contributed by atoms with E-state index in [4.69, 9.17) is 21.1 Å². The van der Waals surface area contributed by atoms with Crippen LogP contribution in [0, 0.1) is 18.3 Å². The van der Waals surface area contributed by atoms with Gasteiger partial charge in [-0.15, -0.1) is 0 Å². The lowest BCUT2D eigenvalue weighted by Gasteiger charge is -2.14. The molecular weight excluding hydrogens is 458 g/mol. The number of benzene rings is 4. The molecule has 1 aromatic heterocycles. The summed E-state index contributed by atoms with van der Waals surface area (Å²) in [4.78, 5) is 7.78. The Kier molecular flexibility index (Phi) is 6.13. The SMILES string of the molecule is COc1cc(C=C(C#N)c2nc3ccc(C)cc3[nH]2)cc(Cl)c1OCc1ccc2ccccc2c1. The van der Waals surface area contributed by atoms with E-state index in [2.05, 4.69) is 40.3 Å². The third kappa shape index (κ3) is 4.70. The minimum atomic E-state index is 0.345. The molecule has 1 heterocycles. The highest BCUT2D eigenvalue weighted by atomic mass is 35.5. The number of aromatic nitrogens is 2. The van der Waals surface area contributed by atoms with E-state index >= 15 is 0 Å². The average Bonchev–Trinajstić information content (AvgIpc) is 3.29. The summed E-state index contributed by atoms with van der Waals surface area (Å²) in [5.41, 5.74) is 4.93. The summed E-state index contributed by atoms with van der Waals surface area (Å²) >= 11 is 6.59. The Hall–Kier alpha value is -4.27. The molecule has 35 heavy (non-hydrogen) atoms. The smallest absolute Gasteiger partial charge is 0.180 e. The third-order valence-corrected chi connectivity index (χ3v) is 6.05.